The van der Waals surface area contributed by atoms with E-state index in [1.165, 1.54) is 0 Å². The van der Waals surface area contributed by atoms with Gasteiger partial charge in [-0.15, -0.1) is 0 Å². The quantitative estimate of drug-likeness (QED) is 0.770. The Labute approximate surface area is 124 Å². The van der Waals surface area contributed by atoms with E-state index in [2.05, 4.69) is 26.1 Å². The second-order valence-corrected chi connectivity index (χ2v) is 5.35. The number of halogens is 1. The van der Waals surface area contributed by atoms with E-state index in [4.69, 9.17) is 10.3 Å². The van der Waals surface area contributed by atoms with E-state index in [-0.39, 0.29) is 0 Å². The van der Waals surface area contributed by atoms with Gasteiger partial charge in [0.2, 0.25) is 0 Å². The van der Waals surface area contributed by atoms with Crippen LogP contribution in [-0.4, -0.2) is 10.1 Å². The average Bonchev–Trinajstić information content (AvgIpc) is 2.84. The molecule has 0 aliphatic rings. The number of aryl methyl sites for hydroxylation is 1. The standard InChI is InChI=1S/C15H12BrN3O/c1-9-2-3-12(16)11(8-9)14-13(15(17)19-20-14)10-4-6-18-7-5-10/h2-8H,1H3,(H2,17,19). The molecule has 0 saturated carbocycles. The lowest BCUT2D eigenvalue weighted by atomic mass is 10.0. The van der Waals surface area contributed by atoms with E-state index in [1.807, 2.05) is 37.3 Å². The molecule has 3 aromatic rings. The second kappa shape index (κ2) is 5.09. The summed E-state index contributed by atoms with van der Waals surface area (Å²) < 4.78 is 6.39. The number of aromatic nitrogens is 2. The molecule has 1 aromatic carbocycles. The van der Waals surface area contributed by atoms with Crippen molar-refractivity contribution in [3.63, 3.8) is 0 Å². The average molecular weight is 330 g/mol. The third kappa shape index (κ3) is 2.20. The zero-order chi connectivity index (χ0) is 14.1. The molecule has 0 unspecified atom stereocenters. The van der Waals surface area contributed by atoms with Gasteiger partial charge in [-0.25, -0.2) is 0 Å². The molecule has 3 rings (SSSR count). The van der Waals surface area contributed by atoms with Crippen molar-refractivity contribution in [3.8, 4) is 22.5 Å². The highest BCUT2D eigenvalue weighted by atomic mass is 79.9. The minimum atomic E-state index is 0.375. The molecule has 0 radical (unpaired) electrons. The summed E-state index contributed by atoms with van der Waals surface area (Å²) in [5, 5.41) is 3.90. The predicted molar refractivity (Wildman–Crippen MR) is 82.0 cm³/mol. The summed E-state index contributed by atoms with van der Waals surface area (Å²) in [7, 11) is 0. The molecule has 0 saturated heterocycles. The number of nitrogens with zero attached hydrogens (tertiary/aromatic N) is 2. The molecule has 0 aliphatic carbocycles. The molecule has 2 aromatic heterocycles. The molecular weight excluding hydrogens is 318 g/mol. The van der Waals surface area contributed by atoms with E-state index in [9.17, 15) is 0 Å². The van der Waals surface area contributed by atoms with Crippen LogP contribution in [0, 0.1) is 6.92 Å². The van der Waals surface area contributed by atoms with Gasteiger partial charge in [0.15, 0.2) is 11.6 Å². The Balaban J connectivity index is 2.24. The van der Waals surface area contributed by atoms with Crippen LogP contribution < -0.4 is 5.73 Å². The summed E-state index contributed by atoms with van der Waals surface area (Å²) in [5.41, 5.74) is 9.75. The van der Waals surface area contributed by atoms with E-state index in [0.29, 0.717) is 11.6 Å². The highest BCUT2D eigenvalue weighted by molar-refractivity contribution is 9.10. The lowest BCUT2D eigenvalue weighted by Gasteiger charge is -2.05. The number of hydrogen-bond acceptors (Lipinski definition) is 4. The van der Waals surface area contributed by atoms with Crippen LogP contribution in [0.25, 0.3) is 22.5 Å². The van der Waals surface area contributed by atoms with E-state index in [0.717, 1.165) is 26.7 Å². The smallest absolute Gasteiger partial charge is 0.178 e. The van der Waals surface area contributed by atoms with Gasteiger partial charge < -0.3 is 10.3 Å². The van der Waals surface area contributed by atoms with Gasteiger partial charge >= 0.3 is 0 Å². The summed E-state index contributed by atoms with van der Waals surface area (Å²) in [6.45, 7) is 2.03. The van der Waals surface area contributed by atoms with Crippen molar-refractivity contribution in [2.75, 3.05) is 5.73 Å². The van der Waals surface area contributed by atoms with E-state index >= 15 is 0 Å². The van der Waals surface area contributed by atoms with Gasteiger partial charge in [0.25, 0.3) is 0 Å². The van der Waals surface area contributed by atoms with Crippen LogP contribution in [0.3, 0.4) is 0 Å². The molecule has 5 heteroatoms. The lowest BCUT2D eigenvalue weighted by Crippen LogP contribution is -1.89. The maximum Gasteiger partial charge on any atom is 0.178 e. The molecule has 0 atom stereocenters. The van der Waals surface area contributed by atoms with Crippen molar-refractivity contribution >= 4 is 21.7 Å². The Morgan fingerprint density at radius 3 is 2.65 bits per heavy atom. The minimum Gasteiger partial charge on any atom is -0.380 e. The first-order valence-electron chi connectivity index (χ1n) is 6.09. The second-order valence-electron chi connectivity index (χ2n) is 4.49. The van der Waals surface area contributed by atoms with Gasteiger partial charge in [0, 0.05) is 22.4 Å². The fraction of sp³-hybridized carbons (Fsp3) is 0.0667. The predicted octanol–water partition coefficient (Wildman–Crippen LogP) is 4.06. The molecule has 100 valence electrons. The molecule has 0 amide bonds. The largest absolute Gasteiger partial charge is 0.380 e. The summed E-state index contributed by atoms with van der Waals surface area (Å²) in [5.74, 6) is 1.03. The summed E-state index contributed by atoms with van der Waals surface area (Å²) in [4.78, 5) is 4.02. The number of hydrogen-bond donors (Lipinski definition) is 1. The zero-order valence-electron chi connectivity index (χ0n) is 10.8. The zero-order valence-corrected chi connectivity index (χ0v) is 12.4. The molecule has 0 aliphatic heterocycles. The van der Waals surface area contributed by atoms with Crippen molar-refractivity contribution in [1.82, 2.24) is 10.1 Å². The number of rotatable bonds is 2. The Bertz CT molecular complexity index is 753. The van der Waals surface area contributed by atoms with Crippen LogP contribution >= 0.6 is 15.9 Å². The number of benzene rings is 1. The maximum absolute atomic E-state index is 5.96. The molecule has 2 N–H and O–H groups in total. The van der Waals surface area contributed by atoms with Crippen molar-refractivity contribution in [2.24, 2.45) is 0 Å². The maximum atomic E-state index is 5.96. The minimum absolute atomic E-state index is 0.375. The Kier molecular flexibility index (Phi) is 3.28. The Hall–Kier alpha value is -2.14. The van der Waals surface area contributed by atoms with Crippen LogP contribution in [-0.2, 0) is 0 Å². The van der Waals surface area contributed by atoms with Crippen LogP contribution in [0.5, 0.6) is 0 Å². The lowest BCUT2D eigenvalue weighted by molar-refractivity contribution is 0.436. The SMILES string of the molecule is Cc1ccc(Br)c(-c2onc(N)c2-c2ccncc2)c1. The molecule has 0 fully saturated rings. The van der Waals surface area contributed by atoms with Crippen LogP contribution in [0.15, 0.2) is 51.7 Å². The number of nitrogens with two attached hydrogens (primary N) is 1. The molecule has 4 nitrogen and oxygen atoms in total. The monoisotopic (exact) mass is 329 g/mol. The molecule has 2 heterocycles. The first-order chi connectivity index (χ1) is 9.66. The number of anilines is 1. The van der Waals surface area contributed by atoms with Crippen molar-refractivity contribution in [3.05, 3.63) is 52.8 Å². The first-order valence-corrected chi connectivity index (χ1v) is 6.88. The van der Waals surface area contributed by atoms with Gasteiger partial charge in [-0.3, -0.25) is 4.98 Å². The molecular formula is C15H12BrN3O. The number of pyridine rings is 1. The van der Waals surface area contributed by atoms with Gasteiger partial charge in [-0.1, -0.05) is 32.7 Å². The van der Waals surface area contributed by atoms with Gasteiger partial charge in [-0.05, 0) is 36.8 Å². The van der Waals surface area contributed by atoms with Crippen molar-refractivity contribution in [1.29, 1.82) is 0 Å². The van der Waals surface area contributed by atoms with Crippen LogP contribution in [0.4, 0.5) is 5.82 Å². The van der Waals surface area contributed by atoms with Gasteiger partial charge in [0.05, 0.1) is 5.56 Å². The Morgan fingerprint density at radius 2 is 1.90 bits per heavy atom. The van der Waals surface area contributed by atoms with E-state index in [1.54, 1.807) is 12.4 Å². The van der Waals surface area contributed by atoms with Gasteiger partial charge in [-0.2, -0.15) is 0 Å². The molecule has 0 spiro atoms. The summed E-state index contributed by atoms with van der Waals surface area (Å²) >= 11 is 3.54. The summed E-state index contributed by atoms with van der Waals surface area (Å²) in [6.07, 6.45) is 3.44. The van der Waals surface area contributed by atoms with Crippen LogP contribution in [0.1, 0.15) is 5.56 Å². The van der Waals surface area contributed by atoms with E-state index < -0.39 is 0 Å². The van der Waals surface area contributed by atoms with Gasteiger partial charge in [0.1, 0.15) is 0 Å². The summed E-state index contributed by atoms with van der Waals surface area (Å²) in [6, 6.07) is 9.82. The third-order valence-electron chi connectivity index (χ3n) is 3.05. The molecule has 0 bridgehead atoms. The highest BCUT2D eigenvalue weighted by Crippen LogP contribution is 2.39. The van der Waals surface area contributed by atoms with Crippen molar-refractivity contribution in [2.45, 2.75) is 6.92 Å². The highest BCUT2D eigenvalue weighted by Gasteiger charge is 2.19. The van der Waals surface area contributed by atoms with Crippen molar-refractivity contribution < 1.29 is 4.52 Å². The Morgan fingerprint density at radius 1 is 1.15 bits per heavy atom. The normalized spacial score (nSPS) is 10.7. The van der Waals surface area contributed by atoms with Crippen LogP contribution in [0.2, 0.25) is 0 Å². The third-order valence-corrected chi connectivity index (χ3v) is 3.75. The number of nitrogen functional groups attached to an aromatic ring is 1. The fourth-order valence-corrected chi connectivity index (χ4v) is 2.52. The topological polar surface area (TPSA) is 64.9 Å². The fourth-order valence-electron chi connectivity index (χ4n) is 2.10. The first kappa shape index (κ1) is 12.9. The molecule has 20 heavy (non-hydrogen) atoms.